The summed E-state index contributed by atoms with van der Waals surface area (Å²) < 4.78 is 0. The van der Waals surface area contributed by atoms with Crippen LogP contribution in [0.5, 0.6) is 0 Å². The molecule has 1 amide bonds. The van der Waals surface area contributed by atoms with Crippen LogP contribution in [-0.4, -0.2) is 16.7 Å². The van der Waals surface area contributed by atoms with Crippen molar-refractivity contribution in [2.75, 3.05) is 5.32 Å². The van der Waals surface area contributed by atoms with Gasteiger partial charge in [0.1, 0.15) is 5.69 Å². The van der Waals surface area contributed by atoms with Crippen LogP contribution in [0.4, 0.5) is 5.13 Å². The van der Waals surface area contributed by atoms with Crippen LogP contribution in [0.15, 0.2) is 35.7 Å². The van der Waals surface area contributed by atoms with Gasteiger partial charge < -0.3 is 0 Å². The number of nitrogens with one attached hydrogen (secondary N) is 1. The normalized spacial score (nSPS) is 11.7. The Morgan fingerprint density at radius 2 is 1.83 bits per heavy atom. The van der Waals surface area contributed by atoms with Crippen molar-refractivity contribution < 1.29 is 9.59 Å². The molecule has 1 N–H and O–H groups in total. The number of rotatable bonds is 4. The molecule has 0 aliphatic heterocycles. The van der Waals surface area contributed by atoms with Gasteiger partial charge in [0.05, 0.1) is 0 Å². The van der Waals surface area contributed by atoms with Crippen molar-refractivity contribution in [2.45, 2.75) is 33.1 Å². The maximum Gasteiger partial charge on any atom is 0.250 e. The molecular weight excluding hydrogens is 308 g/mol. The lowest BCUT2D eigenvalue weighted by atomic mass is 9.87. The first kappa shape index (κ1) is 17.1. The number of aromatic nitrogens is 1. The monoisotopic (exact) mass is 328 g/mol. The zero-order chi connectivity index (χ0) is 17.0. The van der Waals surface area contributed by atoms with Crippen molar-refractivity contribution in [1.82, 2.24) is 4.98 Å². The average Bonchev–Trinajstić information content (AvgIpc) is 2.93. The lowest BCUT2D eigenvalue weighted by Crippen LogP contribution is -2.10. The summed E-state index contributed by atoms with van der Waals surface area (Å²) in [6.07, 6.45) is 3.21. The predicted octanol–water partition coefficient (Wildman–Crippen LogP) is 4.30. The van der Waals surface area contributed by atoms with Crippen LogP contribution in [0, 0.1) is 0 Å². The number of hydrogen-bond acceptors (Lipinski definition) is 4. The molecule has 1 aromatic heterocycles. The van der Waals surface area contributed by atoms with Crippen molar-refractivity contribution in [1.29, 1.82) is 0 Å². The van der Waals surface area contributed by atoms with Gasteiger partial charge in [0.15, 0.2) is 10.9 Å². The number of nitrogens with zero attached hydrogens (tertiary/aromatic N) is 1. The van der Waals surface area contributed by atoms with E-state index in [9.17, 15) is 9.59 Å². The van der Waals surface area contributed by atoms with Gasteiger partial charge in [0, 0.05) is 18.4 Å². The molecule has 0 saturated heterocycles. The van der Waals surface area contributed by atoms with Crippen molar-refractivity contribution >= 4 is 34.2 Å². The molecule has 0 unspecified atom stereocenters. The number of benzene rings is 1. The number of amides is 1. The Balaban J connectivity index is 1.99. The van der Waals surface area contributed by atoms with Crippen LogP contribution in [-0.2, 0) is 10.2 Å². The van der Waals surface area contributed by atoms with E-state index in [0.717, 1.165) is 5.56 Å². The molecule has 1 heterocycles. The predicted molar refractivity (Wildman–Crippen MR) is 94.9 cm³/mol. The highest BCUT2D eigenvalue weighted by atomic mass is 32.1. The Kier molecular flexibility index (Phi) is 5.11. The molecule has 2 rings (SSSR count). The second-order valence-corrected chi connectivity index (χ2v) is 7.15. The lowest BCUT2D eigenvalue weighted by Gasteiger charge is -2.18. The molecule has 0 spiro atoms. The third kappa shape index (κ3) is 4.86. The van der Waals surface area contributed by atoms with Crippen LogP contribution in [0.3, 0.4) is 0 Å². The summed E-state index contributed by atoms with van der Waals surface area (Å²) in [6.45, 7) is 7.93. The standard InChI is InChI=1S/C18H20N2O2S/c1-12(21)15-11-23-17(19-15)20-16(22)10-7-13-5-8-14(9-6-13)18(2,3)4/h5-11H,1-4H3,(H,19,20,22). The number of Topliss-reactive ketones (excluding diaryl/α,β-unsaturated/α-hetero) is 1. The molecule has 0 radical (unpaired) electrons. The zero-order valence-corrected chi connectivity index (χ0v) is 14.5. The zero-order valence-electron chi connectivity index (χ0n) is 13.7. The lowest BCUT2D eigenvalue weighted by molar-refractivity contribution is -0.111. The summed E-state index contributed by atoms with van der Waals surface area (Å²) in [5, 5.41) is 4.71. The number of thiazole rings is 1. The number of ketones is 1. The third-order valence-corrected chi connectivity index (χ3v) is 4.06. The van der Waals surface area contributed by atoms with Gasteiger partial charge >= 0.3 is 0 Å². The highest BCUT2D eigenvalue weighted by molar-refractivity contribution is 7.14. The fraction of sp³-hybridized carbons (Fsp3) is 0.278. The first-order valence-electron chi connectivity index (χ1n) is 7.32. The molecule has 5 heteroatoms. The molecule has 23 heavy (non-hydrogen) atoms. The van der Waals surface area contributed by atoms with E-state index < -0.39 is 0 Å². The van der Waals surface area contributed by atoms with Gasteiger partial charge in [-0.05, 0) is 22.6 Å². The molecule has 0 atom stereocenters. The summed E-state index contributed by atoms with van der Waals surface area (Å²) in [7, 11) is 0. The van der Waals surface area contributed by atoms with Gasteiger partial charge in [-0.3, -0.25) is 14.9 Å². The molecule has 4 nitrogen and oxygen atoms in total. The minimum Gasteiger partial charge on any atom is -0.298 e. The van der Waals surface area contributed by atoms with Gasteiger partial charge in [-0.1, -0.05) is 45.0 Å². The van der Waals surface area contributed by atoms with E-state index in [-0.39, 0.29) is 17.1 Å². The maximum atomic E-state index is 11.9. The first-order chi connectivity index (χ1) is 10.8. The van der Waals surface area contributed by atoms with Crippen molar-refractivity contribution in [2.24, 2.45) is 0 Å². The van der Waals surface area contributed by atoms with E-state index in [0.29, 0.717) is 10.8 Å². The van der Waals surface area contributed by atoms with Crippen LogP contribution in [0.2, 0.25) is 0 Å². The van der Waals surface area contributed by atoms with Crippen LogP contribution >= 0.6 is 11.3 Å². The van der Waals surface area contributed by atoms with Gasteiger partial charge in [-0.15, -0.1) is 11.3 Å². The molecule has 120 valence electrons. The Hall–Kier alpha value is -2.27. The van der Waals surface area contributed by atoms with Crippen molar-refractivity contribution in [3.05, 3.63) is 52.5 Å². The number of hydrogen-bond donors (Lipinski definition) is 1. The molecular formula is C18H20N2O2S. The van der Waals surface area contributed by atoms with Gasteiger partial charge in [-0.2, -0.15) is 0 Å². The number of carbonyl (C=O) groups is 2. The number of carbonyl (C=O) groups excluding carboxylic acids is 2. The summed E-state index contributed by atoms with van der Waals surface area (Å²) in [5.41, 5.74) is 2.68. The fourth-order valence-electron chi connectivity index (χ4n) is 1.91. The van der Waals surface area contributed by atoms with E-state index in [2.05, 4.69) is 43.2 Å². The summed E-state index contributed by atoms with van der Waals surface area (Å²) >= 11 is 1.23. The highest BCUT2D eigenvalue weighted by Crippen LogP contribution is 2.22. The molecule has 1 aromatic carbocycles. The largest absolute Gasteiger partial charge is 0.298 e. The Morgan fingerprint density at radius 3 is 2.35 bits per heavy atom. The summed E-state index contributed by atoms with van der Waals surface area (Å²) in [4.78, 5) is 27.1. The molecule has 0 aliphatic carbocycles. The van der Waals surface area contributed by atoms with Gasteiger partial charge in [-0.25, -0.2) is 4.98 Å². The fourth-order valence-corrected chi connectivity index (χ4v) is 2.66. The highest BCUT2D eigenvalue weighted by Gasteiger charge is 2.12. The topological polar surface area (TPSA) is 59.1 Å². The van der Waals surface area contributed by atoms with Crippen LogP contribution < -0.4 is 5.32 Å². The molecule has 0 aliphatic rings. The van der Waals surface area contributed by atoms with Crippen molar-refractivity contribution in [3.8, 4) is 0 Å². The quantitative estimate of drug-likeness (QED) is 0.672. The Labute approximate surface area is 140 Å². The van der Waals surface area contributed by atoms with E-state index in [4.69, 9.17) is 0 Å². The van der Waals surface area contributed by atoms with Crippen LogP contribution in [0.1, 0.15) is 49.3 Å². The number of anilines is 1. The molecule has 0 saturated carbocycles. The molecule has 0 bridgehead atoms. The Bertz CT molecular complexity index is 737. The third-order valence-electron chi connectivity index (χ3n) is 3.30. The maximum absolute atomic E-state index is 11.9. The van der Waals surface area contributed by atoms with E-state index >= 15 is 0 Å². The summed E-state index contributed by atoms with van der Waals surface area (Å²) in [5.74, 6) is -0.384. The van der Waals surface area contributed by atoms with E-state index in [1.165, 1.54) is 29.9 Å². The minimum atomic E-state index is -0.269. The smallest absolute Gasteiger partial charge is 0.250 e. The SMILES string of the molecule is CC(=O)c1csc(NC(=O)C=Cc2ccc(C(C)(C)C)cc2)n1. The Morgan fingerprint density at radius 1 is 1.17 bits per heavy atom. The van der Waals surface area contributed by atoms with E-state index in [1.54, 1.807) is 11.5 Å². The van der Waals surface area contributed by atoms with Gasteiger partial charge in [0.2, 0.25) is 5.91 Å². The second-order valence-electron chi connectivity index (χ2n) is 6.29. The van der Waals surface area contributed by atoms with Gasteiger partial charge in [0.25, 0.3) is 0 Å². The first-order valence-corrected chi connectivity index (χ1v) is 8.20. The minimum absolute atomic E-state index is 0.110. The average molecular weight is 328 g/mol. The molecule has 2 aromatic rings. The summed E-state index contributed by atoms with van der Waals surface area (Å²) in [6, 6.07) is 8.11. The van der Waals surface area contributed by atoms with E-state index in [1.807, 2.05) is 12.1 Å². The van der Waals surface area contributed by atoms with Crippen molar-refractivity contribution in [3.63, 3.8) is 0 Å². The van der Waals surface area contributed by atoms with Crippen LogP contribution in [0.25, 0.3) is 6.08 Å². The second kappa shape index (κ2) is 6.87. The molecule has 0 fully saturated rings.